The van der Waals surface area contributed by atoms with E-state index in [0.29, 0.717) is 22.6 Å². The third kappa shape index (κ3) is 4.44. The summed E-state index contributed by atoms with van der Waals surface area (Å²) in [5, 5.41) is 12.5. The molecule has 8 nitrogen and oxygen atoms in total. The van der Waals surface area contributed by atoms with Crippen LogP contribution in [0.15, 0.2) is 52.8 Å². The highest BCUT2D eigenvalue weighted by atomic mass is 32.1. The fraction of sp³-hybridized carbons (Fsp3) is 0.150. The molecule has 3 aromatic heterocycles. The minimum atomic E-state index is -0.283. The molecule has 0 aliphatic carbocycles. The smallest absolute Gasteiger partial charge is 0.247 e. The summed E-state index contributed by atoms with van der Waals surface area (Å²) in [6, 6.07) is 10.9. The molecule has 2 amide bonds. The van der Waals surface area contributed by atoms with Crippen LogP contribution in [-0.4, -0.2) is 26.6 Å². The topological polar surface area (TPSA) is 106 Å². The number of anilines is 1. The molecule has 4 rings (SSSR count). The molecule has 30 heavy (non-hydrogen) atoms. The van der Waals surface area contributed by atoms with Crippen LogP contribution >= 0.6 is 22.7 Å². The van der Waals surface area contributed by atoms with Crippen molar-refractivity contribution in [3.05, 3.63) is 63.1 Å². The second-order valence-corrected chi connectivity index (χ2v) is 8.47. The molecule has 1 aromatic carbocycles. The summed E-state index contributed by atoms with van der Waals surface area (Å²) in [6.07, 6.45) is 1.21. The summed E-state index contributed by atoms with van der Waals surface area (Å²) < 4.78 is 1.49. The van der Waals surface area contributed by atoms with E-state index in [0.717, 1.165) is 15.4 Å². The molecule has 4 aromatic rings. The average Bonchev–Trinajstić information content (AvgIpc) is 3.38. The lowest BCUT2D eigenvalue weighted by Gasteiger charge is -2.08. The van der Waals surface area contributed by atoms with E-state index in [4.69, 9.17) is 0 Å². The number of nitrogens with one attached hydrogen (secondary N) is 2. The fourth-order valence-corrected chi connectivity index (χ4v) is 4.56. The Morgan fingerprint density at radius 3 is 2.83 bits per heavy atom. The Morgan fingerprint density at radius 2 is 2.00 bits per heavy atom. The van der Waals surface area contributed by atoms with Crippen LogP contribution in [0.5, 0.6) is 0 Å². The molecule has 0 atom stereocenters. The molecular formula is C20H17N5O3S2. The van der Waals surface area contributed by atoms with Gasteiger partial charge in [-0.25, -0.2) is 4.98 Å². The third-order valence-electron chi connectivity index (χ3n) is 4.23. The largest absolute Gasteiger partial charge is 0.351 e. The van der Waals surface area contributed by atoms with Gasteiger partial charge in [-0.2, -0.15) is 5.10 Å². The number of aromatic nitrogens is 3. The quantitative estimate of drug-likeness (QED) is 0.481. The predicted octanol–water partition coefficient (Wildman–Crippen LogP) is 2.86. The van der Waals surface area contributed by atoms with Crippen LogP contribution < -0.4 is 16.1 Å². The zero-order chi connectivity index (χ0) is 21.1. The molecular weight excluding hydrogens is 422 g/mol. The second kappa shape index (κ2) is 8.56. The predicted molar refractivity (Wildman–Crippen MR) is 118 cm³/mol. The van der Waals surface area contributed by atoms with Gasteiger partial charge in [0.1, 0.15) is 6.54 Å². The van der Waals surface area contributed by atoms with E-state index in [1.165, 1.54) is 40.5 Å². The van der Waals surface area contributed by atoms with Gasteiger partial charge in [0.05, 0.1) is 28.8 Å². The number of carbonyl (C=O) groups excluding carboxylic acids is 2. The highest BCUT2D eigenvalue weighted by molar-refractivity contribution is 7.17. The van der Waals surface area contributed by atoms with Crippen LogP contribution in [0.25, 0.3) is 21.5 Å². The van der Waals surface area contributed by atoms with Crippen molar-refractivity contribution < 1.29 is 9.59 Å². The van der Waals surface area contributed by atoms with Crippen molar-refractivity contribution in [2.24, 2.45) is 0 Å². The standard InChI is InChI=1S/C20H17N5O3S2/c1-12(26)21-8-13-6-7-18(30-13)15-11-29-20(23-15)24-19(28)10-25-16-5-3-2-4-14(16)17(27)9-22-25/h2-7,9,11H,8,10H2,1H3,(H,21,26)(H,23,24,28). The van der Waals surface area contributed by atoms with Crippen LogP contribution in [-0.2, 0) is 22.7 Å². The maximum atomic E-state index is 12.5. The van der Waals surface area contributed by atoms with Crippen molar-refractivity contribution >= 4 is 50.5 Å². The Morgan fingerprint density at radius 1 is 1.17 bits per heavy atom. The molecule has 0 fully saturated rings. The Bertz CT molecular complexity index is 1290. The van der Waals surface area contributed by atoms with Gasteiger partial charge >= 0.3 is 0 Å². The number of fused-ring (bicyclic) bond motifs is 1. The van der Waals surface area contributed by atoms with E-state index in [1.54, 1.807) is 24.3 Å². The summed E-state index contributed by atoms with van der Waals surface area (Å²) in [5.41, 5.74) is 1.19. The zero-order valence-corrected chi connectivity index (χ0v) is 17.5. The molecule has 0 bridgehead atoms. The zero-order valence-electron chi connectivity index (χ0n) is 15.9. The Kier molecular flexibility index (Phi) is 5.68. The Balaban J connectivity index is 1.44. The summed E-state index contributed by atoms with van der Waals surface area (Å²) in [5.74, 6) is -0.358. The first-order valence-corrected chi connectivity index (χ1v) is 10.7. The van der Waals surface area contributed by atoms with Crippen molar-refractivity contribution in [1.29, 1.82) is 0 Å². The normalized spacial score (nSPS) is 10.8. The number of nitrogens with zero attached hydrogens (tertiary/aromatic N) is 3. The van der Waals surface area contributed by atoms with E-state index in [2.05, 4.69) is 20.7 Å². The molecule has 3 heterocycles. The van der Waals surface area contributed by atoms with Crippen LogP contribution in [0.3, 0.4) is 0 Å². The number of para-hydroxylation sites is 1. The number of thiophene rings is 1. The van der Waals surface area contributed by atoms with Gasteiger partial charge in [0.15, 0.2) is 5.13 Å². The highest BCUT2D eigenvalue weighted by Crippen LogP contribution is 2.30. The van der Waals surface area contributed by atoms with Crippen molar-refractivity contribution in [1.82, 2.24) is 20.1 Å². The molecule has 10 heteroatoms. The maximum Gasteiger partial charge on any atom is 0.247 e. The lowest BCUT2D eigenvalue weighted by atomic mass is 10.2. The Labute approximate surface area is 179 Å². The van der Waals surface area contributed by atoms with Gasteiger partial charge in [0.2, 0.25) is 17.2 Å². The van der Waals surface area contributed by atoms with Crippen molar-refractivity contribution in [2.45, 2.75) is 20.0 Å². The van der Waals surface area contributed by atoms with Crippen LogP contribution in [0.4, 0.5) is 5.13 Å². The number of hydrogen-bond donors (Lipinski definition) is 2. The first-order valence-electron chi connectivity index (χ1n) is 9.03. The van der Waals surface area contributed by atoms with Crippen LogP contribution in [0.2, 0.25) is 0 Å². The number of hydrogen-bond acceptors (Lipinski definition) is 7. The van der Waals surface area contributed by atoms with E-state index in [9.17, 15) is 14.4 Å². The number of rotatable bonds is 6. The highest BCUT2D eigenvalue weighted by Gasteiger charge is 2.12. The van der Waals surface area contributed by atoms with Gasteiger partial charge in [-0.1, -0.05) is 12.1 Å². The van der Waals surface area contributed by atoms with Gasteiger partial charge in [0, 0.05) is 22.6 Å². The minimum Gasteiger partial charge on any atom is -0.351 e. The van der Waals surface area contributed by atoms with Gasteiger partial charge in [-0.15, -0.1) is 22.7 Å². The molecule has 0 spiro atoms. The summed E-state index contributed by atoms with van der Waals surface area (Å²) in [7, 11) is 0. The number of benzene rings is 1. The molecule has 0 saturated carbocycles. The first kappa shape index (κ1) is 19.9. The van der Waals surface area contributed by atoms with E-state index in [-0.39, 0.29) is 23.8 Å². The van der Waals surface area contributed by atoms with Gasteiger partial charge in [-0.05, 0) is 24.3 Å². The molecule has 0 unspecified atom stereocenters. The molecule has 0 saturated heterocycles. The third-order valence-corrected chi connectivity index (χ3v) is 6.10. The first-order chi connectivity index (χ1) is 14.5. The van der Waals surface area contributed by atoms with Gasteiger partial charge in [0.25, 0.3) is 0 Å². The molecule has 0 aliphatic heterocycles. The molecule has 152 valence electrons. The van der Waals surface area contributed by atoms with E-state index in [1.807, 2.05) is 17.5 Å². The van der Waals surface area contributed by atoms with Crippen molar-refractivity contribution in [2.75, 3.05) is 5.32 Å². The van der Waals surface area contributed by atoms with Crippen molar-refractivity contribution in [3.63, 3.8) is 0 Å². The Hall–Kier alpha value is -3.37. The second-order valence-electron chi connectivity index (χ2n) is 6.45. The fourth-order valence-electron chi connectivity index (χ4n) is 2.85. The van der Waals surface area contributed by atoms with Gasteiger partial charge < -0.3 is 10.6 Å². The van der Waals surface area contributed by atoms with E-state index < -0.39 is 0 Å². The van der Waals surface area contributed by atoms with Crippen LogP contribution in [0.1, 0.15) is 11.8 Å². The monoisotopic (exact) mass is 439 g/mol. The summed E-state index contributed by atoms with van der Waals surface area (Å²) in [4.78, 5) is 41.9. The van der Waals surface area contributed by atoms with Gasteiger partial charge in [-0.3, -0.25) is 19.1 Å². The minimum absolute atomic E-state index is 0.0322. The molecule has 0 aliphatic rings. The molecule has 0 radical (unpaired) electrons. The van der Waals surface area contributed by atoms with Crippen molar-refractivity contribution in [3.8, 4) is 10.6 Å². The molecule has 2 N–H and O–H groups in total. The SMILES string of the molecule is CC(=O)NCc1ccc(-c2csc(NC(=O)Cn3ncc(=O)c4ccccc43)n2)s1. The number of thiazole rings is 1. The average molecular weight is 440 g/mol. The maximum absolute atomic E-state index is 12.5. The number of amides is 2. The number of carbonyl (C=O) groups is 2. The van der Waals surface area contributed by atoms with Crippen LogP contribution in [0, 0.1) is 0 Å². The van der Waals surface area contributed by atoms with E-state index >= 15 is 0 Å². The lowest BCUT2D eigenvalue weighted by Crippen LogP contribution is -2.22. The summed E-state index contributed by atoms with van der Waals surface area (Å²) in [6.45, 7) is 1.93. The summed E-state index contributed by atoms with van der Waals surface area (Å²) >= 11 is 2.87. The lowest BCUT2D eigenvalue weighted by molar-refractivity contribution is -0.119.